The Hall–Kier alpha value is -3.28. The molecule has 0 saturated carbocycles. The van der Waals surface area contributed by atoms with E-state index in [1.165, 1.54) is 6.07 Å². The van der Waals surface area contributed by atoms with Crippen molar-refractivity contribution in [1.82, 2.24) is 0 Å². The van der Waals surface area contributed by atoms with Gasteiger partial charge in [0, 0.05) is 11.3 Å². The van der Waals surface area contributed by atoms with E-state index in [2.05, 4.69) is 5.32 Å². The molecule has 0 unspecified atom stereocenters. The lowest BCUT2D eigenvalue weighted by Gasteiger charge is -2.12. The molecule has 7 heteroatoms. The zero-order valence-electron chi connectivity index (χ0n) is 15.5. The number of para-hydroxylation sites is 1. The number of benzene rings is 3. The number of carbonyl (C=O) groups is 1. The minimum atomic E-state index is -0.458. The molecule has 5 nitrogen and oxygen atoms in total. The summed E-state index contributed by atoms with van der Waals surface area (Å²) in [5.74, 6) is -0.217. The highest BCUT2D eigenvalue weighted by atomic mass is 35.5. The predicted molar refractivity (Wildman–Crippen MR) is 119 cm³/mol. The Morgan fingerprint density at radius 3 is 2.43 bits per heavy atom. The maximum atomic E-state index is 13.0. The molecule has 0 fully saturated rings. The van der Waals surface area contributed by atoms with E-state index in [0.29, 0.717) is 32.3 Å². The van der Waals surface area contributed by atoms with E-state index >= 15 is 0 Å². The van der Waals surface area contributed by atoms with E-state index in [1.807, 2.05) is 18.2 Å². The lowest BCUT2D eigenvalue weighted by Crippen LogP contribution is -2.22. The summed E-state index contributed by atoms with van der Waals surface area (Å²) in [5.41, 5.74) is 1.22. The number of anilines is 1. The van der Waals surface area contributed by atoms with Gasteiger partial charge in [0.25, 0.3) is 5.91 Å². The van der Waals surface area contributed by atoms with Crippen LogP contribution in [-0.4, -0.2) is 12.5 Å². The Bertz CT molecular complexity index is 1290. The average Bonchev–Trinajstić information content (AvgIpc) is 2.76. The van der Waals surface area contributed by atoms with Crippen LogP contribution >= 0.6 is 23.2 Å². The third-order valence-electron chi connectivity index (χ3n) is 4.34. The smallest absolute Gasteiger partial charge is 0.262 e. The topological polar surface area (TPSA) is 68.5 Å². The number of fused-ring (bicyclic) bond motifs is 1. The largest absolute Gasteiger partial charge is 0.476 e. The molecule has 0 saturated heterocycles. The number of carbonyl (C=O) groups excluding carboxylic acids is 1. The first kappa shape index (κ1) is 20.0. The molecule has 4 rings (SSSR count). The number of hydrogen-bond donors (Lipinski definition) is 1. The molecule has 4 aromatic rings. The molecule has 1 aromatic heterocycles. The van der Waals surface area contributed by atoms with Gasteiger partial charge in [-0.1, -0.05) is 65.7 Å². The SMILES string of the molecule is O=C(COc1c(-c2ccccc2)oc2ccccc2c1=O)Nc1ccc(Cl)c(Cl)c1. The normalized spacial score (nSPS) is 10.7. The lowest BCUT2D eigenvalue weighted by molar-refractivity contribution is -0.118. The standard InChI is InChI=1S/C23H15Cl2NO4/c24-17-11-10-15(12-18(17)25)26-20(27)13-29-23-21(28)16-8-4-5-9-19(16)30-22(23)14-6-2-1-3-7-14/h1-12H,13H2,(H,26,27). The minimum absolute atomic E-state index is 0.0239. The molecular formula is C23H15Cl2NO4. The summed E-state index contributed by atoms with van der Waals surface area (Å²) < 4.78 is 11.6. The lowest BCUT2D eigenvalue weighted by atomic mass is 10.1. The van der Waals surface area contributed by atoms with Gasteiger partial charge in [-0.25, -0.2) is 0 Å². The molecule has 0 spiro atoms. The fraction of sp³-hybridized carbons (Fsp3) is 0.0435. The Morgan fingerprint density at radius 1 is 0.933 bits per heavy atom. The molecule has 3 aromatic carbocycles. The third kappa shape index (κ3) is 4.17. The molecule has 0 bridgehead atoms. The quantitative estimate of drug-likeness (QED) is 0.427. The third-order valence-corrected chi connectivity index (χ3v) is 5.08. The molecule has 30 heavy (non-hydrogen) atoms. The molecule has 1 heterocycles. The van der Waals surface area contributed by atoms with Crippen molar-refractivity contribution in [3.05, 3.63) is 93.1 Å². The van der Waals surface area contributed by atoms with Crippen LogP contribution in [0.5, 0.6) is 5.75 Å². The van der Waals surface area contributed by atoms with Crippen LogP contribution in [0.2, 0.25) is 10.0 Å². The Labute approximate surface area is 181 Å². The molecular weight excluding hydrogens is 425 g/mol. The molecule has 0 aliphatic heterocycles. The van der Waals surface area contributed by atoms with Gasteiger partial charge in [0.2, 0.25) is 11.2 Å². The van der Waals surface area contributed by atoms with Crippen molar-refractivity contribution in [2.24, 2.45) is 0 Å². The van der Waals surface area contributed by atoms with Crippen LogP contribution in [0.15, 0.2) is 82.0 Å². The number of ether oxygens (including phenoxy) is 1. The van der Waals surface area contributed by atoms with Gasteiger partial charge < -0.3 is 14.5 Å². The van der Waals surface area contributed by atoms with E-state index < -0.39 is 5.91 Å². The van der Waals surface area contributed by atoms with Crippen molar-refractivity contribution in [1.29, 1.82) is 0 Å². The van der Waals surface area contributed by atoms with Gasteiger partial charge in [-0.05, 0) is 30.3 Å². The highest BCUT2D eigenvalue weighted by molar-refractivity contribution is 6.42. The minimum Gasteiger partial charge on any atom is -0.476 e. The van der Waals surface area contributed by atoms with E-state index in [-0.39, 0.29) is 23.5 Å². The van der Waals surface area contributed by atoms with E-state index in [9.17, 15) is 9.59 Å². The van der Waals surface area contributed by atoms with Gasteiger partial charge in [-0.15, -0.1) is 0 Å². The van der Waals surface area contributed by atoms with Crippen molar-refractivity contribution < 1.29 is 13.9 Å². The van der Waals surface area contributed by atoms with E-state index in [4.69, 9.17) is 32.4 Å². The number of hydrogen-bond acceptors (Lipinski definition) is 4. The van der Waals surface area contributed by atoms with E-state index in [0.717, 1.165) is 0 Å². The second-order valence-corrected chi connectivity index (χ2v) is 7.23. The van der Waals surface area contributed by atoms with Crippen molar-refractivity contribution in [2.45, 2.75) is 0 Å². The van der Waals surface area contributed by atoms with Crippen LogP contribution < -0.4 is 15.5 Å². The van der Waals surface area contributed by atoms with Crippen LogP contribution in [0.1, 0.15) is 0 Å². The Morgan fingerprint density at radius 2 is 1.67 bits per heavy atom. The molecule has 0 aliphatic rings. The predicted octanol–water partition coefficient (Wildman–Crippen LogP) is 5.78. The number of amides is 1. The van der Waals surface area contributed by atoms with Gasteiger partial charge in [0.15, 0.2) is 12.4 Å². The van der Waals surface area contributed by atoms with Crippen molar-refractivity contribution in [3.63, 3.8) is 0 Å². The number of nitrogens with one attached hydrogen (secondary N) is 1. The van der Waals surface area contributed by atoms with Crippen molar-refractivity contribution in [2.75, 3.05) is 11.9 Å². The first-order chi connectivity index (χ1) is 14.5. The van der Waals surface area contributed by atoms with Gasteiger partial charge in [-0.3, -0.25) is 9.59 Å². The number of rotatable bonds is 5. The fourth-order valence-electron chi connectivity index (χ4n) is 2.94. The van der Waals surface area contributed by atoms with Gasteiger partial charge >= 0.3 is 0 Å². The summed E-state index contributed by atoms with van der Waals surface area (Å²) in [6.45, 7) is -0.386. The zero-order valence-corrected chi connectivity index (χ0v) is 17.0. The van der Waals surface area contributed by atoms with Crippen LogP contribution in [0.3, 0.4) is 0 Å². The Kier molecular flexibility index (Phi) is 5.74. The second-order valence-electron chi connectivity index (χ2n) is 6.42. The Balaban J connectivity index is 1.64. The van der Waals surface area contributed by atoms with Crippen LogP contribution in [0.25, 0.3) is 22.3 Å². The average molecular weight is 440 g/mol. The fourth-order valence-corrected chi connectivity index (χ4v) is 3.24. The summed E-state index contributed by atoms with van der Waals surface area (Å²) in [7, 11) is 0. The van der Waals surface area contributed by atoms with Crippen LogP contribution in [0.4, 0.5) is 5.69 Å². The second kappa shape index (κ2) is 8.61. The monoisotopic (exact) mass is 439 g/mol. The maximum absolute atomic E-state index is 13.0. The molecule has 1 amide bonds. The van der Waals surface area contributed by atoms with Crippen molar-refractivity contribution >= 4 is 45.8 Å². The summed E-state index contributed by atoms with van der Waals surface area (Å²) in [4.78, 5) is 25.4. The van der Waals surface area contributed by atoms with Crippen LogP contribution in [0, 0.1) is 0 Å². The first-order valence-electron chi connectivity index (χ1n) is 9.02. The zero-order chi connectivity index (χ0) is 21.1. The molecule has 0 aliphatic carbocycles. The van der Waals surface area contributed by atoms with Gasteiger partial charge in [-0.2, -0.15) is 0 Å². The summed E-state index contributed by atoms with van der Waals surface area (Å²) in [6, 6.07) is 20.7. The van der Waals surface area contributed by atoms with Crippen molar-refractivity contribution in [3.8, 4) is 17.1 Å². The highest BCUT2D eigenvalue weighted by Crippen LogP contribution is 2.31. The maximum Gasteiger partial charge on any atom is 0.262 e. The summed E-state index contributed by atoms with van der Waals surface area (Å²) in [6.07, 6.45) is 0. The highest BCUT2D eigenvalue weighted by Gasteiger charge is 2.18. The van der Waals surface area contributed by atoms with Gasteiger partial charge in [0.1, 0.15) is 5.58 Å². The molecule has 0 atom stereocenters. The summed E-state index contributed by atoms with van der Waals surface area (Å²) in [5, 5.41) is 3.73. The first-order valence-corrected chi connectivity index (χ1v) is 9.77. The molecule has 0 radical (unpaired) electrons. The summed E-state index contributed by atoms with van der Waals surface area (Å²) >= 11 is 11.9. The van der Waals surface area contributed by atoms with Crippen LogP contribution in [-0.2, 0) is 4.79 Å². The van der Waals surface area contributed by atoms with Gasteiger partial charge in [0.05, 0.1) is 15.4 Å². The van der Waals surface area contributed by atoms with E-state index in [1.54, 1.807) is 48.5 Å². The number of halogens is 2. The molecule has 1 N–H and O–H groups in total. The molecule has 150 valence electrons.